The summed E-state index contributed by atoms with van der Waals surface area (Å²) in [5.74, 6) is -0.459. The number of benzene rings is 2. The number of rotatable bonds is 4. The van der Waals surface area contributed by atoms with Crippen molar-refractivity contribution in [2.75, 3.05) is 11.9 Å². The van der Waals surface area contributed by atoms with Crippen LogP contribution in [0.25, 0.3) is 0 Å². The molecule has 1 atom stereocenters. The Morgan fingerprint density at radius 1 is 1.20 bits per heavy atom. The molecule has 0 spiro atoms. The van der Waals surface area contributed by atoms with Crippen molar-refractivity contribution in [1.29, 1.82) is 0 Å². The van der Waals surface area contributed by atoms with Crippen molar-refractivity contribution in [2.45, 2.75) is 26.8 Å². The second kappa shape index (κ2) is 7.28. The first-order valence-corrected chi connectivity index (χ1v) is 8.71. The van der Waals surface area contributed by atoms with Gasteiger partial charge in [0.05, 0.1) is 5.92 Å². The fraction of sp³-hybridized carbons (Fsp3) is 0.300. The number of hydrogen-bond acceptors (Lipinski definition) is 2. The Bertz CT molecular complexity index is 819. The van der Waals surface area contributed by atoms with Crippen LogP contribution in [-0.4, -0.2) is 23.3 Å². The second-order valence-electron chi connectivity index (χ2n) is 6.50. The van der Waals surface area contributed by atoms with Crippen LogP contribution in [0.1, 0.15) is 23.1 Å². The largest absolute Gasteiger partial charge is 0.337 e. The maximum absolute atomic E-state index is 12.6. The zero-order valence-corrected chi connectivity index (χ0v) is 15.1. The third-order valence-electron chi connectivity index (χ3n) is 4.77. The summed E-state index contributed by atoms with van der Waals surface area (Å²) in [7, 11) is 0. The first kappa shape index (κ1) is 17.5. The minimum absolute atomic E-state index is 0.0129. The maximum Gasteiger partial charge on any atom is 0.229 e. The zero-order valence-electron chi connectivity index (χ0n) is 14.4. The highest BCUT2D eigenvalue weighted by Gasteiger charge is 2.34. The van der Waals surface area contributed by atoms with Gasteiger partial charge in [0.25, 0.3) is 0 Å². The average Bonchev–Trinajstić information content (AvgIpc) is 2.95. The van der Waals surface area contributed by atoms with Crippen molar-refractivity contribution in [3.05, 3.63) is 64.2 Å². The van der Waals surface area contributed by atoms with Crippen LogP contribution in [0.4, 0.5) is 5.69 Å². The molecule has 1 unspecified atom stereocenters. The van der Waals surface area contributed by atoms with E-state index in [2.05, 4.69) is 5.32 Å². The van der Waals surface area contributed by atoms with Gasteiger partial charge in [0.15, 0.2) is 0 Å². The van der Waals surface area contributed by atoms with Gasteiger partial charge < -0.3 is 10.2 Å². The molecular weight excluding hydrogens is 336 g/mol. The normalized spacial score (nSPS) is 17.0. The van der Waals surface area contributed by atoms with E-state index >= 15 is 0 Å². The second-order valence-corrected chi connectivity index (χ2v) is 6.91. The fourth-order valence-corrected chi connectivity index (χ4v) is 3.25. The van der Waals surface area contributed by atoms with E-state index in [4.69, 9.17) is 11.6 Å². The van der Waals surface area contributed by atoms with Crippen molar-refractivity contribution >= 4 is 29.1 Å². The molecule has 2 amide bonds. The molecule has 2 aromatic carbocycles. The number of hydrogen-bond donors (Lipinski definition) is 1. The molecule has 1 saturated heterocycles. The molecule has 1 heterocycles. The summed E-state index contributed by atoms with van der Waals surface area (Å²) in [6.07, 6.45) is 0.237. The van der Waals surface area contributed by atoms with Crippen molar-refractivity contribution in [2.24, 2.45) is 5.92 Å². The van der Waals surface area contributed by atoms with Gasteiger partial charge in [-0.05, 0) is 42.7 Å². The summed E-state index contributed by atoms with van der Waals surface area (Å²) in [6.45, 7) is 4.84. The predicted molar refractivity (Wildman–Crippen MR) is 99.5 cm³/mol. The standard InChI is InChI=1S/C20H21ClN2O2/c1-13-6-5-9-18(14(13)2)22-20(25)16-10-19(24)23(12-16)11-15-7-3-4-8-17(15)21/h3-9,16H,10-12H2,1-2H3,(H,22,25). The third-order valence-corrected chi connectivity index (χ3v) is 5.14. The van der Waals surface area contributed by atoms with Gasteiger partial charge in [-0.2, -0.15) is 0 Å². The van der Waals surface area contributed by atoms with Crippen molar-refractivity contribution in [3.63, 3.8) is 0 Å². The van der Waals surface area contributed by atoms with E-state index in [9.17, 15) is 9.59 Å². The molecule has 1 aliphatic rings. The van der Waals surface area contributed by atoms with Gasteiger partial charge in [-0.3, -0.25) is 9.59 Å². The maximum atomic E-state index is 12.6. The molecule has 25 heavy (non-hydrogen) atoms. The first-order chi connectivity index (χ1) is 12.0. The predicted octanol–water partition coefficient (Wildman–Crippen LogP) is 3.94. The smallest absolute Gasteiger partial charge is 0.229 e. The lowest BCUT2D eigenvalue weighted by atomic mass is 10.1. The van der Waals surface area contributed by atoms with Crippen LogP contribution in [-0.2, 0) is 16.1 Å². The van der Waals surface area contributed by atoms with Gasteiger partial charge in [-0.15, -0.1) is 0 Å². The SMILES string of the molecule is Cc1cccc(NC(=O)C2CC(=O)N(Cc3ccccc3Cl)C2)c1C. The van der Waals surface area contributed by atoms with Crippen molar-refractivity contribution in [3.8, 4) is 0 Å². The third kappa shape index (κ3) is 3.85. The molecule has 1 aliphatic heterocycles. The van der Waals surface area contributed by atoms with E-state index in [1.54, 1.807) is 4.90 Å². The topological polar surface area (TPSA) is 49.4 Å². The average molecular weight is 357 g/mol. The Balaban J connectivity index is 1.66. The first-order valence-electron chi connectivity index (χ1n) is 8.34. The summed E-state index contributed by atoms with van der Waals surface area (Å²) in [5, 5.41) is 3.60. The van der Waals surface area contributed by atoms with Crippen LogP contribution in [0.15, 0.2) is 42.5 Å². The molecule has 3 rings (SSSR count). The lowest BCUT2D eigenvalue weighted by Crippen LogP contribution is -2.28. The number of anilines is 1. The highest BCUT2D eigenvalue weighted by molar-refractivity contribution is 6.31. The summed E-state index contributed by atoms with van der Waals surface area (Å²) < 4.78 is 0. The van der Waals surface area contributed by atoms with E-state index in [1.165, 1.54) is 0 Å². The van der Waals surface area contributed by atoms with E-state index < -0.39 is 0 Å². The van der Waals surface area contributed by atoms with Crippen LogP contribution < -0.4 is 5.32 Å². The molecule has 2 aromatic rings. The highest BCUT2D eigenvalue weighted by Crippen LogP contribution is 2.25. The lowest BCUT2D eigenvalue weighted by Gasteiger charge is -2.18. The molecule has 4 nitrogen and oxygen atoms in total. The lowest BCUT2D eigenvalue weighted by molar-refractivity contribution is -0.128. The van der Waals surface area contributed by atoms with Gasteiger partial charge in [-0.1, -0.05) is 41.9 Å². The summed E-state index contributed by atoms with van der Waals surface area (Å²) >= 11 is 6.17. The number of nitrogens with one attached hydrogen (secondary N) is 1. The molecular formula is C20H21ClN2O2. The molecule has 0 bridgehead atoms. The van der Waals surface area contributed by atoms with Crippen LogP contribution in [0.2, 0.25) is 5.02 Å². The number of carbonyl (C=O) groups excluding carboxylic acids is 2. The minimum Gasteiger partial charge on any atom is -0.337 e. The Morgan fingerprint density at radius 2 is 1.96 bits per heavy atom. The highest BCUT2D eigenvalue weighted by atomic mass is 35.5. The Kier molecular flexibility index (Phi) is 5.09. The molecule has 0 radical (unpaired) electrons. The number of halogens is 1. The fourth-order valence-electron chi connectivity index (χ4n) is 3.05. The van der Waals surface area contributed by atoms with E-state index in [0.29, 0.717) is 18.1 Å². The van der Waals surface area contributed by atoms with E-state index in [0.717, 1.165) is 22.4 Å². The molecule has 5 heteroatoms. The van der Waals surface area contributed by atoms with E-state index in [-0.39, 0.29) is 24.2 Å². The summed E-state index contributed by atoms with van der Waals surface area (Å²) in [5.41, 5.74) is 3.88. The Hall–Kier alpha value is -2.33. The minimum atomic E-state index is -0.338. The summed E-state index contributed by atoms with van der Waals surface area (Å²) in [4.78, 5) is 26.6. The van der Waals surface area contributed by atoms with Gasteiger partial charge in [0.2, 0.25) is 11.8 Å². The van der Waals surface area contributed by atoms with E-state index in [1.807, 2.05) is 56.3 Å². The number of likely N-dealkylation sites (tertiary alicyclic amines) is 1. The van der Waals surface area contributed by atoms with Crippen molar-refractivity contribution < 1.29 is 9.59 Å². The molecule has 1 N–H and O–H groups in total. The zero-order chi connectivity index (χ0) is 18.0. The quantitative estimate of drug-likeness (QED) is 0.901. The Labute approximate surface area is 152 Å². The molecule has 1 fully saturated rings. The molecule has 0 aliphatic carbocycles. The number of amides is 2. The van der Waals surface area contributed by atoms with Crippen LogP contribution >= 0.6 is 11.6 Å². The monoisotopic (exact) mass is 356 g/mol. The molecule has 0 saturated carbocycles. The van der Waals surface area contributed by atoms with Crippen LogP contribution in [0.3, 0.4) is 0 Å². The van der Waals surface area contributed by atoms with Crippen molar-refractivity contribution in [1.82, 2.24) is 4.90 Å². The van der Waals surface area contributed by atoms with Gasteiger partial charge >= 0.3 is 0 Å². The molecule has 130 valence electrons. The number of nitrogens with zero attached hydrogens (tertiary/aromatic N) is 1. The van der Waals surface area contributed by atoms with Crippen LogP contribution in [0.5, 0.6) is 0 Å². The van der Waals surface area contributed by atoms with Gasteiger partial charge in [0.1, 0.15) is 0 Å². The van der Waals surface area contributed by atoms with Crippen LogP contribution in [0, 0.1) is 19.8 Å². The number of aryl methyl sites for hydroxylation is 1. The van der Waals surface area contributed by atoms with Gasteiger partial charge in [-0.25, -0.2) is 0 Å². The summed E-state index contributed by atoms with van der Waals surface area (Å²) in [6, 6.07) is 13.3. The molecule has 0 aromatic heterocycles. The number of carbonyl (C=O) groups is 2. The Morgan fingerprint density at radius 3 is 2.72 bits per heavy atom. The van der Waals surface area contributed by atoms with Gasteiger partial charge in [0, 0.05) is 30.2 Å².